The van der Waals surface area contributed by atoms with Crippen molar-refractivity contribution in [1.29, 1.82) is 0 Å². The zero-order chi connectivity index (χ0) is 18.0. The number of carbonyl (C=O) groups is 3. The van der Waals surface area contributed by atoms with Crippen molar-refractivity contribution in [2.75, 3.05) is 4.90 Å². The van der Waals surface area contributed by atoms with E-state index in [-0.39, 0.29) is 5.69 Å². The van der Waals surface area contributed by atoms with Gasteiger partial charge >= 0.3 is 6.03 Å². The number of amides is 4. The maximum atomic E-state index is 14.0. The van der Waals surface area contributed by atoms with Crippen LogP contribution in [-0.2, 0) is 9.59 Å². The van der Waals surface area contributed by atoms with Gasteiger partial charge in [0, 0.05) is 9.78 Å². The van der Waals surface area contributed by atoms with Gasteiger partial charge in [-0.3, -0.25) is 19.9 Å². The molecule has 0 bridgehead atoms. The normalized spacial score (nSPS) is 17.9. The van der Waals surface area contributed by atoms with E-state index in [9.17, 15) is 18.8 Å². The Kier molecular flexibility index (Phi) is 4.88. The number of hydrogen-bond acceptors (Lipinski definition) is 4. The molecule has 1 heterocycles. The molecule has 1 aliphatic rings. The molecule has 1 atom stereocenters. The molecule has 3 rings (SSSR count). The first kappa shape index (κ1) is 17.2. The lowest BCUT2D eigenvalue weighted by molar-refractivity contribution is -0.131. The van der Waals surface area contributed by atoms with E-state index in [1.807, 2.05) is 12.1 Å². The number of hydrogen-bond donors (Lipinski definition) is 1. The number of rotatable bonds is 3. The lowest BCUT2D eigenvalue weighted by Gasteiger charge is -2.28. The topological polar surface area (TPSA) is 78.8 Å². The highest BCUT2D eigenvalue weighted by Gasteiger charge is 2.41. The van der Waals surface area contributed by atoms with Gasteiger partial charge < -0.3 is 0 Å². The highest BCUT2D eigenvalue weighted by molar-refractivity contribution is 14.1. The van der Waals surface area contributed by atoms with Crippen molar-refractivity contribution < 1.29 is 18.8 Å². The molecule has 1 aliphatic heterocycles. The first-order valence-electron chi connectivity index (χ1n) is 7.21. The van der Waals surface area contributed by atoms with Gasteiger partial charge in [0.1, 0.15) is 5.82 Å². The second kappa shape index (κ2) is 7.09. The van der Waals surface area contributed by atoms with Crippen molar-refractivity contribution in [2.24, 2.45) is 10.9 Å². The minimum atomic E-state index is -1.33. The molecule has 0 radical (unpaired) electrons. The summed E-state index contributed by atoms with van der Waals surface area (Å²) in [5.74, 6) is -3.72. The van der Waals surface area contributed by atoms with E-state index in [4.69, 9.17) is 0 Å². The minimum Gasteiger partial charge on any atom is -0.276 e. The fourth-order valence-electron chi connectivity index (χ4n) is 2.29. The van der Waals surface area contributed by atoms with Crippen LogP contribution in [0.25, 0.3) is 0 Å². The average Bonchev–Trinajstić information content (AvgIpc) is 2.57. The number of aliphatic imine (C=N–C) groups is 1. The summed E-state index contributed by atoms with van der Waals surface area (Å²) in [6.07, 6.45) is 1.16. The number of imide groups is 2. The van der Waals surface area contributed by atoms with Crippen LogP contribution in [0.4, 0.5) is 20.6 Å². The van der Waals surface area contributed by atoms with Crippen LogP contribution >= 0.6 is 22.6 Å². The quantitative estimate of drug-likeness (QED) is 0.443. The number of para-hydroxylation sites is 2. The Morgan fingerprint density at radius 1 is 1.08 bits per heavy atom. The van der Waals surface area contributed by atoms with Crippen molar-refractivity contribution in [2.45, 2.75) is 0 Å². The van der Waals surface area contributed by atoms with Crippen LogP contribution in [0.2, 0.25) is 0 Å². The van der Waals surface area contributed by atoms with Gasteiger partial charge in [0.15, 0.2) is 5.92 Å². The van der Waals surface area contributed by atoms with Gasteiger partial charge in [0.2, 0.25) is 5.91 Å². The number of nitrogens with zero attached hydrogens (tertiary/aromatic N) is 2. The SMILES string of the molecule is O=C1NC(=O)N(c2ccccc2F)C(=O)[C@@H]1C=Nc1ccccc1I. The third kappa shape index (κ3) is 3.43. The molecule has 2 aromatic rings. The Balaban J connectivity index is 1.94. The molecule has 0 aliphatic carbocycles. The third-order valence-corrected chi connectivity index (χ3v) is 4.42. The van der Waals surface area contributed by atoms with Crippen LogP contribution in [0.5, 0.6) is 0 Å². The summed E-state index contributed by atoms with van der Waals surface area (Å²) in [6, 6.07) is 11.5. The maximum absolute atomic E-state index is 14.0. The van der Waals surface area contributed by atoms with E-state index in [1.165, 1.54) is 18.2 Å². The third-order valence-electron chi connectivity index (χ3n) is 3.51. The first-order valence-corrected chi connectivity index (χ1v) is 8.29. The summed E-state index contributed by atoms with van der Waals surface area (Å²) in [6.45, 7) is 0. The van der Waals surface area contributed by atoms with E-state index >= 15 is 0 Å². The fourth-order valence-corrected chi connectivity index (χ4v) is 2.82. The molecule has 0 spiro atoms. The predicted molar refractivity (Wildman–Crippen MR) is 98.2 cm³/mol. The molecule has 0 saturated carbocycles. The van der Waals surface area contributed by atoms with Gasteiger partial charge in [-0.05, 0) is 46.9 Å². The summed E-state index contributed by atoms with van der Waals surface area (Å²) < 4.78 is 14.8. The summed E-state index contributed by atoms with van der Waals surface area (Å²) in [5.41, 5.74) is 0.364. The molecular weight excluding hydrogens is 440 g/mol. The van der Waals surface area contributed by atoms with Gasteiger partial charge in [0.05, 0.1) is 11.4 Å². The minimum absolute atomic E-state index is 0.217. The van der Waals surface area contributed by atoms with Crippen molar-refractivity contribution in [3.8, 4) is 0 Å². The molecule has 1 saturated heterocycles. The van der Waals surface area contributed by atoms with Crippen LogP contribution < -0.4 is 10.2 Å². The van der Waals surface area contributed by atoms with Crippen LogP contribution in [0.1, 0.15) is 0 Å². The summed E-state index contributed by atoms with van der Waals surface area (Å²) in [4.78, 5) is 41.4. The second-order valence-corrected chi connectivity index (χ2v) is 6.29. The van der Waals surface area contributed by atoms with E-state index in [1.54, 1.807) is 12.1 Å². The maximum Gasteiger partial charge on any atom is 0.335 e. The molecule has 126 valence electrons. The van der Waals surface area contributed by atoms with Gasteiger partial charge in [-0.2, -0.15) is 0 Å². The predicted octanol–water partition coefficient (Wildman–Crippen LogP) is 3.03. The lowest BCUT2D eigenvalue weighted by Crippen LogP contribution is -2.58. The number of barbiturate groups is 1. The van der Waals surface area contributed by atoms with Crippen LogP contribution in [0.15, 0.2) is 53.5 Å². The van der Waals surface area contributed by atoms with E-state index in [0.717, 1.165) is 15.9 Å². The molecular formula is C17H11FIN3O3. The monoisotopic (exact) mass is 451 g/mol. The Morgan fingerprint density at radius 3 is 2.48 bits per heavy atom. The molecule has 25 heavy (non-hydrogen) atoms. The zero-order valence-electron chi connectivity index (χ0n) is 12.6. The number of benzene rings is 2. The van der Waals surface area contributed by atoms with Crippen molar-refractivity contribution >= 4 is 58.0 Å². The summed E-state index contributed by atoms with van der Waals surface area (Å²) in [7, 11) is 0. The van der Waals surface area contributed by atoms with Crippen LogP contribution in [-0.4, -0.2) is 24.1 Å². The van der Waals surface area contributed by atoms with Crippen molar-refractivity contribution in [3.63, 3.8) is 0 Å². The first-order chi connectivity index (χ1) is 12.0. The largest absolute Gasteiger partial charge is 0.335 e. The molecule has 1 N–H and O–H groups in total. The fraction of sp³-hybridized carbons (Fsp3) is 0.0588. The van der Waals surface area contributed by atoms with Gasteiger partial charge in [0.25, 0.3) is 5.91 Å². The summed E-state index contributed by atoms with van der Waals surface area (Å²) in [5, 5.41) is 2.05. The number of halogens is 2. The number of anilines is 1. The molecule has 0 aromatic heterocycles. The van der Waals surface area contributed by atoms with E-state index in [2.05, 4.69) is 32.9 Å². The van der Waals surface area contributed by atoms with E-state index in [0.29, 0.717) is 10.6 Å². The Hall–Kier alpha value is -2.62. The van der Waals surface area contributed by atoms with Crippen molar-refractivity contribution in [1.82, 2.24) is 5.32 Å². The number of carbonyl (C=O) groups excluding carboxylic acids is 3. The number of urea groups is 1. The van der Waals surface area contributed by atoms with Crippen LogP contribution in [0, 0.1) is 15.3 Å². The van der Waals surface area contributed by atoms with Gasteiger partial charge in [-0.15, -0.1) is 0 Å². The highest BCUT2D eigenvalue weighted by atomic mass is 127. The average molecular weight is 451 g/mol. The Morgan fingerprint density at radius 2 is 1.76 bits per heavy atom. The molecule has 0 unspecified atom stereocenters. The molecule has 6 nitrogen and oxygen atoms in total. The zero-order valence-corrected chi connectivity index (χ0v) is 14.8. The highest BCUT2D eigenvalue weighted by Crippen LogP contribution is 2.24. The second-order valence-electron chi connectivity index (χ2n) is 5.13. The molecule has 8 heteroatoms. The van der Waals surface area contributed by atoms with Gasteiger partial charge in [-0.1, -0.05) is 24.3 Å². The smallest absolute Gasteiger partial charge is 0.276 e. The Labute approximate surface area is 155 Å². The summed E-state index contributed by atoms with van der Waals surface area (Å²) >= 11 is 2.07. The lowest BCUT2D eigenvalue weighted by atomic mass is 10.1. The molecule has 1 fully saturated rings. The number of nitrogens with one attached hydrogen (secondary N) is 1. The molecule has 2 aromatic carbocycles. The van der Waals surface area contributed by atoms with E-state index < -0.39 is 29.6 Å². The van der Waals surface area contributed by atoms with Crippen LogP contribution in [0.3, 0.4) is 0 Å². The standard InChI is InChI=1S/C17H11FIN3O3/c18-11-5-1-4-8-14(11)22-16(24)10(15(23)21-17(22)25)9-20-13-7-3-2-6-12(13)19/h1-10H,(H,21,23,25)/t10-/m1/s1. The van der Waals surface area contributed by atoms with Gasteiger partial charge in [-0.25, -0.2) is 14.1 Å². The van der Waals surface area contributed by atoms with Crippen molar-refractivity contribution in [3.05, 3.63) is 57.9 Å². The Bertz CT molecular complexity index is 900. The molecule has 4 amide bonds.